The molecular formula is C22H25NO3. The highest BCUT2D eigenvalue weighted by Crippen LogP contribution is 2.51. The monoisotopic (exact) mass is 351 g/mol. The average molecular weight is 351 g/mol. The van der Waals surface area contributed by atoms with Gasteiger partial charge in [-0.05, 0) is 49.1 Å². The predicted octanol–water partition coefficient (Wildman–Crippen LogP) is 4.63. The van der Waals surface area contributed by atoms with Crippen LogP contribution in [0.5, 0.6) is 11.5 Å². The van der Waals surface area contributed by atoms with Gasteiger partial charge in [0.25, 0.3) is 0 Å². The van der Waals surface area contributed by atoms with Crippen LogP contribution in [0, 0.1) is 5.92 Å². The summed E-state index contributed by atoms with van der Waals surface area (Å²) >= 11 is 0. The fourth-order valence-corrected chi connectivity index (χ4v) is 4.08. The Labute approximate surface area is 154 Å². The third kappa shape index (κ3) is 3.17. The molecule has 2 aliphatic rings. The lowest BCUT2D eigenvalue weighted by atomic mass is 9.77. The molecule has 0 amide bonds. The predicted molar refractivity (Wildman–Crippen MR) is 103 cm³/mol. The second-order valence-electron chi connectivity index (χ2n) is 6.83. The Kier molecular flexibility index (Phi) is 4.85. The maximum Gasteiger partial charge on any atom is 0.120 e. The summed E-state index contributed by atoms with van der Waals surface area (Å²) in [6, 6.07) is 14.0. The van der Waals surface area contributed by atoms with E-state index in [-0.39, 0.29) is 6.04 Å². The second kappa shape index (κ2) is 7.42. The summed E-state index contributed by atoms with van der Waals surface area (Å²) in [5, 5.41) is 14.0. The van der Waals surface area contributed by atoms with Crippen LogP contribution in [0.1, 0.15) is 36.4 Å². The van der Waals surface area contributed by atoms with Gasteiger partial charge in [0.2, 0.25) is 0 Å². The summed E-state index contributed by atoms with van der Waals surface area (Å²) in [6.45, 7) is 3.86. The number of aromatic hydroxyl groups is 1. The molecule has 4 nitrogen and oxygen atoms in total. The smallest absolute Gasteiger partial charge is 0.120 e. The minimum absolute atomic E-state index is 0.105. The Morgan fingerprint density at radius 1 is 1.12 bits per heavy atom. The quantitative estimate of drug-likeness (QED) is 0.588. The minimum Gasteiger partial charge on any atom is -0.508 e. The van der Waals surface area contributed by atoms with Crippen molar-refractivity contribution in [1.29, 1.82) is 0 Å². The van der Waals surface area contributed by atoms with Gasteiger partial charge in [0, 0.05) is 23.8 Å². The lowest BCUT2D eigenvalue weighted by Crippen LogP contribution is -2.29. The highest BCUT2D eigenvalue weighted by atomic mass is 16.5. The van der Waals surface area contributed by atoms with Crippen molar-refractivity contribution in [3.63, 3.8) is 0 Å². The zero-order valence-corrected chi connectivity index (χ0v) is 15.0. The zero-order valence-electron chi connectivity index (χ0n) is 15.0. The standard InChI is InChI=1S/C22H25NO3/c1-2-25-12-13-26-15-10-11-20-19(14-15)16-7-5-8-17(16)22(23-20)18-6-3-4-9-21(18)24/h3-7,9-11,14,16-17,22-24H,2,8,12-13H2,1H3. The summed E-state index contributed by atoms with van der Waals surface area (Å²) < 4.78 is 11.2. The van der Waals surface area contributed by atoms with Crippen molar-refractivity contribution in [2.24, 2.45) is 5.92 Å². The number of phenolic OH excluding ortho intramolecular Hbond substituents is 1. The molecule has 0 spiro atoms. The molecule has 4 heteroatoms. The number of ether oxygens (including phenoxy) is 2. The number of phenols is 1. The maximum absolute atomic E-state index is 10.3. The van der Waals surface area contributed by atoms with Gasteiger partial charge in [-0.2, -0.15) is 0 Å². The molecule has 2 aromatic rings. The number of hydrogen-bond donors (Lipinski definition) is 2. The molecule has 0 saturated heterocycles. The lowest BCUT2D eigenvalue weighted by molar-refractivity contribution is 0.110. The molecule has 136 valence electrons. The Morgan fingerprint density at radius 2 is 2.00 bits per heavy atom. The molecule has 0 aromatic heterocycles. The summed E-state index contributed by atoms with van der Waals surface area (Å²) in [5.41, 5.74) is 3.35. The molecule has 26 heavy (non-hydrogen) atoms. The van der Waals surface area contributed by atoms with Crippen LogP contribution in [0.4, 0.5) is 5.69 Å². The highest BCUT2D eigenvalue weighted by Gasteiger charge is 2.38. The maximum atomic E-state index is 10.3. The van der Waals surface area contributed by atoms with Crippen molar-refractivity contribution in [3.05, 3.63) is 65.7 Å². The van der Waals surface area contributed by atoms with Gasteiger partial charge in [0.1, 0.15) is 18.1 Å². The van der Waals surface area contributed by atoms with Crippen molar-refractivity contribution in [2.75, 3.05) is 25.1 Å². The topological polar surface area (TPSA) is 50.7 Å². The normalized spacial score (nSPS) is 23.2. The first-order chi connectivity index (χ1) is 12.8. The SMILES string of the molecule is CCOCCOc1ccc2c(c1)C1C=CCC1C(c1ccccc1O)N2. The van der Waals surface area contributed by atoms with E-state index in [9.17, 15) is 5.11 Å². The van der Waals surface area contributed by atoms with E-state index in [1.807, 2.05) is 31.2 Å². The molecule has 1 heterocycles. The molecule has 3 atom stereocenters. The number of fused-ring (bicyclic) bond motifs is 3. The molecule has 0 saturated carbocycles. The number of hydrogen-bond acceptors (Lipinski definition) is 4. The minimum atomic E-state index is 0.105. The fourth-order valence-electron chi connectivity index (χ4n) is 4.08. The third-order valence-electron chi connectivity index (χ3n) is 5.31. The first-order valence-corrected chi connectivity index (χ1v) is 9.33. The number of rotatable bonds is 6. The van der Waals surface area contributed by atoms with E-state index in [4.69, 9.17) is 9.47 Å². The van der Waals surface area contributed by atoms with Crippen LogP contribution >= 0.6 is 0 Å². The first kappa shape index (κ1) is 17.0. The van der Waals surface area contributed by atoms with Crippen LogP contribution in [0.15, 0.2) is 54.6 Å². The number of allylic oxidation sites excluding steroid dienone is 2. The number of nitrogens with one attached hydrogen (secondary N) is 1. The van der Waals surface area contributed by atoms with Gasteiger partial charge in [-0.3, -0.25) is 0 Å². The summed E-state index contributed by atoms with van der Waals surface area (Å²) in [5.74, 6) is 1.97. The number of benzene rings is 2. The molecule has 1 aliphatic heterocycles. The van der Waals surface area contributed by atoms with E-state index in [1.165, 1.54) is 5.56 Å². The van der Waals surface area contributed by atoms with E-state index in [0.29, 0.717) is 37.4 Å². The van der Waals surface area contributed by atoms with Crippen LogP contribution < -0.4 is 10.1 Å². The highest BCUT2D eigenvalue weighted by molar-refractivity contribution is 5.62. The van der Waals surface area contributed by atoms with Gasteiger partial charge in [0.15, 0.2) is 0 Å². The van der Waals surface area contributed by atoms with Crippen LogP contribution in [0.25, 0.3) is 0 Å². The number of anilines is 1. The lowest BCUT2D eigenvalue weighted by Gasteiger charge is -2.37. The fraction of sp³-hybridized carbons (Fsp3) is 0.364. The van der Waals surface area contributed by atoms with Crippen molar-refractivity contribution >= 4 is 5.69 Å². The molecule has 3 unspecified atom stereocenters. The Morgan fingerprint density at radius 3 is 2.85 bits per heavy atom. The Balaban J connectivity index is 1.60. The second-order valence-corrected chi connectivity index (χ2v) is 6.83. The molecule has 1 aliphatic carbocycles. The summed E-state index contributed by atoms with van der Waals surface area (Å²) in [6.07, 6.45) is 5.55. The van der Waals surface area contributed by atoms with Crippen molar-refractivity contribution in [3.8, 4) is 11.5 Å². The van der Waals surface area contributed by atoms with E-state index in [1.54, 1.807) is 6.07 Å². The zero-order chi connectivity index (χ0) is 17.9. The summed E-state index contributed by atoms with van der Waals surface area (Å²) in [4.78, 5) is 0. The third-order valence-corrected chi connectivity index (χ3v) is 5.31. The van der Waals surface area contributed by atoms with E-state index in [0.717, 1.165) is 23.4 Å². The molecule has 2 aromatic carbocycles. The molecule has 4 rings (SSSR count). The van der Waals surface area contributed by atoms with Gasteiger partial charge in [-0.15, -0.1) is 0 Å². The van der Waals surface area contributed by atoms with E-state index in [2.05, 4.69) is 29.6 Å². The van der Waals surface area contributed by atoms with Crippen molar-refractivity contribution < 1.29 is 14.6 Å². The van der Waals surface area contributed by atoms with Gasteiger partial charge >= 0.3 is 0 Å². The summed E-state index contributed by atoms with van der Waals surface area (Å²) in [7, 11) is 0. The molecule has 2 N–H and O–H groups in total. The Hall–Kier alpha value is -2.46. The van der Waals surface area contributed by atoms with Crippen molar-refractivity contribution in [2.45, 2.75) is 25.3 Å². The molecule has 0 bridgehead atoms. The first-order valence-electron chi connectivity index (χ1n) is 9.33. The van der Waals surface area contributed by atoms with Gasteiger partial charge in [-0.25, -0.2) is 0 Å². The number of para-hydroxylation sites is 1. The molecular weight excluding hydrogens is 326 g/mol. The van der Waals surface area contributed by atoms with Gasteiger partial charge in [0.05, 0.1) is 12.6 Å². The largest absolute Gasteiger partial charge is 0.508 e. The van der Waals surface area contributed by atoms with Crippen LogP contribution in [-0.2, 0) is 4.74 Å². The average Bonchev–Trinajstić information content (AvgIpc) is 3.15. The van der Waals surface area contributed by atoms with Gasteiger partial charge < -0.3 is 19.9 Å². The van der Waals surface area contributed by atoms with Crippen LogP contribution in [-0.4, -0.2) is 24.9 Å². The Bertz CT molecular complexity index is 802. The van der Waals surface area contributed by atoms with Gasteiger partial charge in [-0.1, -0.05) is 30.4 Å². The van der Waals surface area contributed by atoms with E-state index >= 15 is 0 Å². The molecule has 0 radical (unpaired) electrons. The molecule has 0 fully saturated rings. The van der Waals surface area contributed by atoms with E-state index < -0.39 is 0 Å². The van der Waals surface area contributed by atoms with Crippen LogP contribution in [0.2, 0.25) is 0 Å². The van der Waals surface area contributed by atoms with Crippen LogP contribution in [0.3, 0.4) is 0 Å². The van der Waals surface area contributed by atoms with Crippen molar-refractivity contribution in [1.82, 2.24) is 0 Å².